The van der Waals surface area contributed by atoms with Gasteiger partial charge < -0.3 is 25.1 Å². The second-order valence-corrected chi connectivity index (χ2v) is 8.51. The van der Waals surface area contributed by atoms with Crippen molar-refractivity contribution in [3.63, 3.8) is 0 Å². The topological polar surface area (TPSA) is 93.6 Å². The van der Waals surface area contributed by atoms with E-state index in [1.165, 1.54) is 12.0 Å². The molecule has 1 saturated carbocycles. The molecule has 1 aliphatic carbocycles. The van der Waals surface area contributed by atoms with Crippen LogP contribution in [0.3, 0.4) is 0 Å². The van der Waals surface area contributed by atoms with Crippen molar-refractivity contribution in [2.45, 2.75) is 56.2 Å². The molecule has 3 N–H and O–H groups in total. The van der Waals surface area contributed by atoms with Gasteiger partial charge in [-0.05, 0) is 36.5 Å². The van der Waals surface area contributed by atoms with Gasteiger partial charge in [-0.3, -0.25) is 0 Å². The first-order valence-corrected chi connectivity index (χ1v) is 10.6. The number of aromatic nitrogens is 1. The average Bonchev–Trinajstić information content (AvgIpc) is 3.34. The zero-order chi connectivity index (χ0) is 23.0. The van der Waals surface area contributed by atoms with Crippen LogP contribution in [0.25, 0.3) is 11.1 Å². The Labute approximate surface area is 182 Å². The van der Waals surface area contributed by atoms with Crippen molar-refractivity contribution in [3.05, 3.63) is 29.7 Å². The first-order chi connectivity index (χ1) is 15.2. The van der Waals surface area contributed by atoms with E-state index in [2.05, 4.69) is 10.3 Å². The van der Waals surface area contributed by atoms with Gasteiger partial charge in [-0.2, -0.15) is 0 Å². The molecule has 4 rings (SSSR count). The molecule has 1 aromatic carbocycles. The SMILES string of the molecule is COC[C@@H](c1ccc2oc([C@@H](N)C3CCC(F)(F)CC3)nc2c1)N1C[C@H](C(F)F)NC1=O. The standard InChI is InChI=1S/C21H26F4N4O3/c1-31-10-15(29-9-14(18(22)23)28-20(29)30)12-2-3-16-13(8-12)27-19(32-16)17(26)11-4-6-21(24,25)7-5-11/h2-3,8,11,14-15,17-18H,4-7,9-10,26H2,1H3,(H,28,30)/t14-,15+,17+/m1/s1. The minimum Gasteiger partial charge on any atom is -0.439 e. The summed E-state index contributed by atoms with van der Waals surface area (Å²) >= 11 is 0. The number of halogens is 4. The van der Waals surface area contributed by atoms with E-state index in [0.717, 1.165) is 0 Å². The number of ether oxygens (including phenoxy) is 1. The molecule has 7 nitrogen and oxygen atoms in total. The van der Waals surface area contributed by atoms with E-state index >= 15 is 0 Å². The summed E-state index contributed by atoms with van der Waals surface area (Å²) in [6.45, 7) is -0.0425. The number of oxazole rings is 1. The van der Waals surface area contributed by atoms with Gasteiger partial charge in [-0.1, -0.05) is 6.07 Å². The van der Waals surface area contributed by atoms with Crippen LogP contribution in [0.2, 0.25) is 0 Å². The Balaban J connectivity index is 1.55. The number of nitrogens with one attached hydrogen (secondary N) is 1. The van der Waals surface area contributed by atoms with Gasteiger partial charge >= 0.3 is 6.03 Å². The molecule has 32 heavy (non-hydrogen) atoms. The Kier molecular flexibility index (Phi) is 6.30. The summed E-state index contributed by atoms with van der Waals surface area (Å²) in [4.78, 5) is 18.1. The number of amides is 2. The smallest absolute Gasteiger partial charge is 0.318 e. The van der Waals surface area contributed by atoms with Crippen molar-refractivity contribution in [2.24, 2.45) is 11.7 Å². The van der Waals surface area contributed by atoms with Crippen molar-refractivity contribution in [2.75, 3.05) is 20.3 Å². The van der Waals surface area contributed by atoms with E-state index in [9.17, 15) is 22.4 Å². The van der Waals surface area contributed by atoms with Crippen molar-refractivity contribution >= 4 is 17.1 Å². The molecule has 1 aliphatic heterocycles. The molecule has 0 radical (unpaired) electrons. The molecule has 2 aliphatic rings. The number of fused-ring (bicyclic) bond motifs is 1. The summed E-state index contributed by atoms with van der Waals surface area (Å²) in [5, 5.41) is 2.29. The van der Waals surface area contributed by atoms with Crippen LogP contribution in [0.15, 0.2) is 22.6 Å². The largest absolute Gasteiger partial charge is 0.439 e. The highest BCUT2D eigenvalue weighted by Gasteiger charge is 2.40. The van der Waals surface area contributed by atoms with Gasteiger partial charge in [-0.15, -0.1) is 0 Å². The zero-order valence-corrected chi connectivity index (χ0v) is 17.6. The lowest BCUT2D eigenvalue weighted by Gasteiger charge is -2.30. The van der Waals surface area contributed by atoms with Gasteiger partial charge in [0.15, 0.2) is 5.58 Å². The highest BCUT2D eigenvalue weighted by molar-refractivity contribution is 5.78. The van der Waals surface area contributed by atoms with E-state index in [4.69, 9.17) is 14.9 Å². The summed E-state index contributed by atoms with van der Waals surface area (Å²) < 4.78 is 64.1. The van der Waals surface area contributed by atoms with E-state index in [0.29, 0.717) is 29.5 Å². The molecule has 1 aromatic heterocycles. The number of benzene rings is 1. The number of nitrogens with zero attached hydrogens (tertiary/aromatic N) is 2. The number of rotatable bonds is 7. The van der Waals surface area contributed by atoms with E-state index in [-0.39, 0.29) is 37.8 Å². The number of urea groups is 1. The minimum absolute atomic E-state index is 0.107. The van der Waals surface area contributed by atoms with Crippen LogP contribution in [-0.2, 0) is 4.74 Å². The first kappa shape index (κ1) is 22.8. The monoisotopic (exact) mass is 458 g/mol. The van der Waals surface area contributed by atoms with Crippen molar-refractivity contribution in [1.29, 1.82) is 0 Å². The number of methoxy groups -OCH3 is 1. The van der Waals surface area contributed by atoms with Crippen molar-refractivity contribution in [3.8, 4) is 0 Å². The fourth-order valence-corrected chi connectivity index (χ4v) is 4.45. The number of alkyl halides is 4. The molecule has 2 fully saturated rings. The van der Waals surface area contributed by atoms with Gasteiger partial charge in [0.05, 0.1) is 18.7 Å². The molecule has 2 amide bonds. The van der Waals surface area contributed by atoms with Gasteiger partial charge in [0.1, 0.15) is 11.6 Å². The number of nitrogens with two attached hydrogens (primary N) is 1. The highest BCUT2D eigenvalue weighted by Crippen LogP contribution is 2.41. The Morgan fingerprint density at radius 3 is 2.69 bits per heavy atom. The highest BCUT2D eigenvalue weighted by atomic mass is 19.3. The molecular weight excluding hydrogens is 432 g/mol. The molecule has 2 aromatic rings. The summed E-state index contributed by atoms with van der Waals surface area (Å²) in [6, 6.07) is 2.06. The molecular formula is C21H26F4N4O3. The van der Waals surface area contributed by atoms with Crippen LogP contribution in [0, 0.1) is 5.92 Å². The predicted molar refractivity (Wildman–Crippen MR) is 107 cm³/mol. The molecule has 11 heteroatoms. The lowest BCUT2D eigenvalue weighted by Crippen LogP contribution is -2.34. The Morgan fingerprint density at radius 1 is 1.34 bits per heavy atom. The van der Waals surface area contributed by atoms with Crippen LogP contribution in [0.5, 0.6) is 0 Å². The second kappa shape index (κ2) is 8.86. The van der Waals surface area contributed by atoms with Crippen molar-refractivity contribution in [1.82, 2.24) is 15.2 Å². The van der Waals surface area contributed by atoms with Crippen LogP contribution < -0.4 is 11.1 Å². The molecule has 0 spiro atoms. The van der Waals surface area contributed by atoms with Crippen LogP contribution in [-0.4, -0.2) is 54.6 Å². The lowest BCUT2D eigenvalue weighted by atomic mass is 9.82. The predicted octanol–water partition coefficient (Wildman–Crippen LogP) is 4.00. The van der Waals surface area contributed by atoms with E-state index < -0.39 is 36.5 Å². The van der Waals surface area contributed by atoms with Crippen LogP contribution in [0.4, 0.5) is 22.4 Å². The summed E-state index contributed by atoms with van der Waals surface area (Å²) in [5.74, 6) is -2.52. The zero-order valence-electron chi connectivity index (χ0n) is 17.6. The fourth-order valence-electron chi connectivity index (χ4n) is 4.45. The Morgan fingerprint density at radius 2 is 2.06 bits per heavy atom. The summed E-state index contributed by atoms with van der Waals surface area (Å²) in [6.07, 6.45) is -2.49. The Bertz CT molecular complexity index is 960. The average molecular weight is 458 g/mol. The number of hydrogen-bond acceptors (Lipinski definition) is 5. The minimum atomic E-state index is -2.67. The third kappa shape index (κ3) is 4.54. The number of carbonyl (C=O) groups is 1. The van der Waals surface area contributed by atoms with Gasteiger partial charge in [0, 0.05) is 26.5 Å². The quantitative estimate of drug-likeness (QED) is 0.612. The van der Waals surface area contributed by atoms with Gasteiger partial charge in [-0.25, -0.2) is 27.3 Å². The maximum absolute atomic E-state index is 13.5. The van der Waals surface area contributed by atoms with Crippen LogP contribution >= 0.6 is 0 Å². The lowest BCUT2D eigenvalue weighted by molar-refractivity contribution is -0.0491. The van der Waals surface area contributed by atoms with E-state index in [1.807, 2.05) is 0 Å². The Hall–Kier alpha value is -2.40. The molecule has 3 atom stereocenters. The number of carbonyl (C=O) groups excluding carboxylic acids is 1. The molecule has 1 saturated heterocycles. The fraction of sp³-hybridized carbons (Fsp3) is 0.619. The van der Waals surface area contributed by atoms with Crippen molar-refractivity contribution < 1.29 is 31.5 Å². The van der Waals surface area contributed by atoms with Gasteiger partial charge in [0.2, 0.25) is 11.8 Å². The maximum atomic E-state index is 13.5. The third-order valence-electron chi connectivity index (χ3n) is 6.34. The molecule has 2 heterocycles. The third-order valence-corrected chi connectivity index (χ3v) is 6.34. The molecule has 176 valence electrons. The maximum Gasteiger partial charge on any atom is 0.318 e. The van der Waals surface area contributed by atoms with Gasteiger partial charge in [0.25, 0.3) is 6.43 Å². The molecule has 0 unspecified atom stereocenters. The molecule has 0 bridgehead atoms. The first-order valence-electron chi connectivity index (χ1n) is 10.6. The van der Waals surface area contributed by atoms with Crippen LogP contribution in [0.1, 0.15) is 49.2 Å². The summed E-state index contributed by atoms with van der Waals surface area (Å²) in [7, 11) is 1.46. The van der Waals surface area contributed by atoms with E-state index in [1.54, 1.807) is 18.2 Å². The second-order valence-electron chi connectivity index (χ2n) is 8.51. The summed E-state index contributed by atoms with van der Waals surface area (Å²) in [5.41, 5.74) is 7.88. The normalized spacial score (nSPS) is 23.7. The number of hydrogen-bond donors (Lipinski definition) is 2.